The number of nitrogens with zero attached hydrogens (tertiary/aromatic N) is 1. The number of rotatable bonds is 4. The molecule has 0 saturated carbocycles. The first-order valence-electron chi connectivity index (χ1n) is 7.97. The molecule has 2 saturated heterocycles. The van der Waals surface area contributed by atoms with Crippen molar-refractivity contribution >= 4 is 11.4 Å². The first kappa shape index (κ1) is 13.7. The summed E-state index contributed by atoms with van der Waals surface area (Å²) in [5.41, 5.74) is 3.95. The molecule has 2 unspecified atom stereocenters. The van der Waals surface area contributed by atoms with E-state index in [0.29, 0.717) is 12.2 Å². The van der Waals surface area contributed by atoms with Crippen LogP contribution in [-0.4, -0.2) is 31.8 Å². The van der Waals surface area contributed by atoms with Crippen molar-refractivity contribution in [1.29, 1.82) is 0 Å². The number of hydrogen-bond acceptors (Lipinski definition) is 3. The molecule has 0 bridgehead atoms. The molecule has 1 N–H and O–H groups in total. The van der Waals surface area contributed by atoms with E-state index in [0.717, 1.165) is 6.54 Å². The van der Waals surface area contributed by atoms with Gasteiger partial charge in [0.15, 0.2) is 0 Å². The predicted octanol–water partition coefficient (Wildman–Crippen LogP) is 3.57. The van der Waals surface area contributed by atoms with Crippen molar-refractivity contribution in [1.82, 2.24) is 0 Å². The topological polar surface area (TPSA) is 24.5 Å². The highest BCUT2D eigenvalue weighted by atomic mass is 16.5. The van der Waals surface area contributed by atoms with E-state index in [1.54, 1.807) is 0 Å². The average molecular weight is 274 g/mol. The molecule has 3 nitrogen and oxygen atoms in total. The van der Waals surface area contributed by atoms with Crippen molar-refractivity contribution in [2.75, 3.05) is 29.9 Å². The average Bonchev–Trinajstić information content (AvgIpc) is 3.08. The van der Waals surface area contributed by atoms with Crippen LogP contribution >= 0.6 is 0 Å². The molecule has 2 atom stereocenters. The Balaban J connectivity index is 1.59. The van der Waals surface area contributed by atoms with Crippen LogP contribution in [0.2, 0.25) is 0 Å². The number of hydrogen-bond donors (Lipinski definition) is 1. The minimum atomic E-state index is 0.377. The third-order valence-electron chi connectivity index (χ3n) is 4.52. The Labute approximate surface area is 122 Å². The summed E-state index contributed by atoms with van der Waals surface area (Å²) in [6.45, 7) is 7.70. The van der Waals surface area contributed by atoms with E-state index in [1.807, 2.05) is 0 Å². The molecular weight excluding hydrogens is 248 g/mol. The van der Waals surface area contributed by atoms with Crippen LogP contribution in [0.5, 0.6) is 0 Å². The van der Waals surface area contributed by atoms with Gasteiger partial charge in [-0.15, -0.1) is 0 Å². The van der Waals surface area contributed by atoms with Crippen molar-refractivity contribution in [3.63, 3.8) is 0 Å². The molecule has 0 spiro atoms. The highest BCUT2D eigenvalue weighted by Gasteiger charge is 2.21. The van der Waals surface area contributed by atoms with Crippen molar-refractivity contribution in [3.8, 4) is 0 Å². The zero-order chi connectivity index (χ0) is 13.9. The Hall–Kier alpha value is -1.22. The standard InChI is InChI=1S/C17H26N2O/c1-13-11-15(19-9-3-4-10-19)6-8-17(13)18-12-16-7-5-14(2)20-16/h6,8,11,14,16,18H,3-5,7,9-10,12H2,1-2H3. The molecule has 3 heteroatoms. The minimum Gasteiger partial charge on any atom is -0.382 e. The van der Waals surface area contributed by atoms with Gasteiger partial charge in [0.25, 0.3) is 0 Å². The van der Waals surface area contributed by atoms with E-state index in [9.17, 15) is 0 Å². The Morgan fingerprint density at radius 1 is 1.25 bits per heavy atom. The lowest BCUT2D eigenvalue weighted by Crippen LogP contribution is -2.20. The Morgan fingerprint density at radius 2 is 2.05 bits per heavy atom. The molecule has 20 heavy (non-hydrogen) atoms. The maximum Gasteiger partial charge on any atom is 0.0751 e. The first-order valence-corrected chi connectivity index (χ1v) is 7.97. The van der Waals surface area contributed by atoms with E-state index < -0.39 is 0 Å². The van der Waals surface area contributed by atoms with Gasteiger partial charge in [-0.3, -0.25) is 0 Å². The second-order valence-electron chi connectivity index (χ2n) is 6.22. The number of aryl methyl sites for hydroxylation is 1. The molecule has 1 aromatic rings. The molecule has 0 aromatic heterocycles. The summed E-state index contributed by atoms with van der Waals surface area (Å²) in [6.07, 6.45) is 5.84. The monoisotopic (exact) mass is 274 g/mol. The molecule has 110 valence electrons. The second-order valence-corrected chi connectivity index (χ2v) is 6.22. The Kier molecular flexibility index (Phi) is 4.16. The van der Waals surface area contributed by atoms with E-state index in [4.69, 9.17) is 4.74 Å². The van der Waals surface area contributed by atoms with Gasteiger partial charge in [-0.05, 0) is 63.3 Å². The molecule has 2 aliphatic rings. The van der Waals surface area contributed by atoms with E-state index in [-0.39, 0.29) is 0 Å². The molecule has 0 aliphatic carbocycles. The van der Waals surface area contributed by atoms with Gasteiger partial charge in [-0.25, -0.2) is 0 Å². The van der Waals surface area contributed by atoms with Crippen LogP contribution < -0.4 is 10.2 Å². The first-order chi connectivity index (χ1) is 9.72. The van der Waals surface area contributed by atoms with Crippen molar-refractivity contribution in [3.05, 3.63) is 23.8 Å². The maximum atomic E-state index is 5.86. The fraction of sp³-hybridized carbons (Fsp3) is 0.647. The third-order valence-corrected chi connectivity index (χ3v) is 4.52. The van der Waals surface area contributed by atoms with Gasteiger partial charge in [-0.1, -0.05) is 0 Å². The number of benzene rings is 1. The zero-order valence-electron chi connectivity index (χ0n) is 12.7. The Morgan fingerprint density at radius 3 is 2.70 bits per heavy atom. The predicted molar refractivity (Wildman–Crippen MR) is 84.7 cm³/mol. The second kappa shape index (κ2) is 6.04. The number of ether oxygens (including phenoxy) is 1. The lowest BCUT2D eigenvalue weighted by Gasteiger charge is -2.20. The highest BCUT2D eigenvalue weighted by Crippen LogP contribution is 2.26. The summed E-state index contributed by atoms with van der Waals surface area (Å²) >= 11 is 0. The van der Waals surface area contributed by atoms with Crippen LogP contribution in [0.3, 0.4) is 0 Å². The molecule has 3 rings (SSSR count). The largest absolute Gasteiger partial charge is 0.382 e. The molecule has 2 aliphatic heterocycles. The van der Waals surface area contributed by atoms with Gasteiger partial charge in [0.1, 0.15) is 0 Å². The van der Waals surface area contributed by atoms with Gasteiger partial charge in [0.05, 0.1) is 12.2 Å². The van der Waals surface area contributed by atoms with Crippen molar-refractivity contribution in [2.45, 2.75) is 51.7 Å². The molecule has 1 aromatic carbocycles. The molecular formula is C17H26N2O. The van der Waals surface area contributed by atoms with Crippen LogP contribution in [0.1, 0.15) is 38.2 Å². The summed E-state index contributed by atoms with van der Waals surface area (Å²) in [5.74, 6) is 0. The third kappa shape index (κ3) is 3.09. The SMILES string of the molecule is Cc1cc(N2CCCC2)ccc1NCC1CCC(C)O1. The van der Waals surface area contributed by atoms with Crippen molar-refractivity contribution < 1.29 is 4.74 Å². The van der Waals surface area contributed by atoms with Crippen molar-refractivity contribution in [2.24, 2.45) is 0 Å². The minimum absolute atomic E-state index is 0.377. The number of anilines is 2. The van der Waals surface area contributed by atoms with Crippen LogP contribution in [0.15, 0.2) is 18.2 Å². The Bertz CT molecular complexity index is 454. The van der Waals surface area contributed by atoms with Gasteiger partial charge >= 0.3 is 0 Å². The highest BCUT2D eigenvalue weighted by molar-refractivity contribution is 5.60. The fourth-order valence-corrected chi connectivity index (χ4v) is 3.28. The summed E-state index contributed by atoms with van der Waals surface area (Å²) in [6, 6.07) is 6.78. The molecule has 0 radical (unpaired) electrons. The molecule has 2 heterocycles. The van der Waals surface area contributed by atoms with Crippen LogP contribution in [0.25, 0.3) is 0 Å². The van der Waals surface area contributed by atoms with E-state index in [1.165, 1.54) is 55.7 Å². The van der Waals surface area contributed by atoms with Crippen LogP contribution in [-0.2, 0) is 4.74 Å². The van der Waals surface area contributed by atoms with E-state index in [2.05, 4.69) is 42.3 Å². The van der Waals surface area contributed by atoms with Crippen LogP contribution in [0.4, 0.5) is 11.4 Å². The van der Waals surface area contributed by atoms with Gasteiger partial charge in [-0.2, -0.15) is 0 Å². The van der Waals surface area contributed by atoms with E-state index >= 15 is 0 Å². The quantitative estimate of drug-likeness (QED) is 0.908. The normalized spacial score (nSPS) is 26.2. The van der Waals surface area contributed by atoms with Crippen LogP contribution in [0, 0.1) is 6.92 Å². The zero-order valence-corrected chi connectivity index (χ0v) is 12.7. The molecule has 2 fully saturated rings. The molecule has 0 amide bonds. The van der Waals surface area contributed by atoms with Gasteiger partial charge in [0.2, 0.25) is 0 Å². The summed E-state index contributed by atoms with van der Waals surface area (Å²) < 4.78 is 5.86. The van der Waals surface area contributed by atoms with Gasteiger partial charge in [0, 0.05) is 31.0 Å². The number of nitrogens with one attached hydrogen (secondary N) is 1. The maximum absolute atomic E-state index is 5.86. The summed E-state index contributed by atoms with van der Waals surface area (Å²) in [7, 11) is 0. The lowest BCUT2D eigenvalue weighted by molar-refractivity contribution is 0.0637. The smallest absolute Gasteiger partial charge is 0.0751 e. The fourth-order valence-electron chi connectivity index (χ4n) is 3.28. The lowest BCUT2D eigenvalue weighted by atomic mass is 10.1. The van der Waals surface area contributed by atoms with Gasteiger partial charge < -0.3 is 15.0 Å². The summed E-state index contributed by atoms with van der Waals surface area (Å²) in [4.78, 5) is 2.48. The summed E-state index contributed by atoms with van der Waals surface area (Å²) in [5, 5.41) is 3.55.